The minimum Gasteiger partial charge on any atom is -0.381 e. The van der Waals surface area contributed by atoms with Crippen molar-refractivity contribution in [3.63, 3.8) is 0 Å². The van der Waals surface area contributed by atoms with Crippen LogP contribution in [0.2, 0.25) is 0 Å². The van der Waals surface area contributed by atoms with Crippen LogP contribution in [0.5, 0.6) is 0 Å². The van der Waals surface area contributed by atoms with Gasteiger partial charge in [-0.15, -0.1) is 0 Å². The highest BCUT2D eigenvalue weighted by atomic mass is 16.5. The van der Waals surface area contributed by atoms with Gasteiger partial charge in [-0.25, -0.2) is 0 Å². The second-order valence-corrected chi connectivity index (χ2v) is 4.06. The summed E-state index contributed by atoms with van der Waals surface area (Å²) in [6.07, 6.45) is 2.73. The lowest BCUT2D eigenvalue weighted by Crippen LogP contribution is -2.05. The molecule has 1 unspecified atom stereocenters. The van der Waals surface area contributed by atoms with Crippen LogP contribution in [0.3, 0.4) is 0 Å². The summed E-state index contributed by atoms with van der Waals surface area (Å²) in [6, 6.07) is 9.51. The Morgan fingerprint density at radius 1 is 1.33 bits per heavy atom. The number of ether oxygens (including phenoxy) is 1. The van der Waals surface area contributed by atoms with Crippen LogP contribution in [0, 0.1) is 5.92 Å². The number of carbonyl (C=O) groups excluding carboxylic acids is 1. The van der Waals surface area contributed by atoms with Crippen molar-refractivity contribution >= 4 is 5.78 Å². The van der Waals surface area contributed by atoms with E-state index in [9.17, 15) is 4.79 Å². The predicted molar refractivity (Wildman–Crippen MR) is 58.9 cm³/mol. The summed E-state index contributed by atoms with van der Waals surface area (Å²) in [7, 11) is 0. The molecule has 0 spiro atoms. The van der Waals surface area contributed by atoms with Crippen molar-refractivity contribution in [2.24, 2.45) is 5.92 Å². The van der Waals surface area contributed by atoms with Crippen LogP contribution in [0.25, 0.3) is 0 Å². The molecule has 0 amide bonds. The molecule has 0 bridgehead atoms. The molecule has 1 aromatic carbocycles. The van der Waals surface area contributed by atoms with Gasteiger partial charge in [0.1, 0.15) is 0 Å². The maximum Gasteiger partial charge on any atom is 0.162 e. The summed E-state index contributed by atoms with van der Waals surface area (Å²) < 4.78 is 5.28. The fourth-order valence-electron chi connectivity index (χ4n) is 1.91. The van der Waals surface area contributed by atoms with Crippen LogP contribution in [0.1, 0.15) is 29.6 Å². The van der Waals surface area contributed by atoms with Crippen LogP contribution < -0.4 is 0 Å². The van der Waals surface area contributed by atoms with Crippen molar-refractivity contribution < 1.29 is 9.53 Å². The topological polar surface area (TPSA) is 26.3 Å². The zero-order valence-corrected chi connectivity index (χ0v) is 8.82. The van der Waals surface area contributed by atoms with Gasteiger partial charge in [-0.3, -0.25) is 4.79 Å². The van der Waals surface area contributed by atoms with E-state index >= 15 is 0 Å². The second-order valence-electron chi connectivity index (χ2n) is 4.06. The summed E-state index contributed by atoms with van der Waals surface area (Å²) in [6.45, 7) is 1.70. The van der Waals surface area contributed by atoms with Gasteiger partial charge in [-0.2, -0.15) is 0 Å². The van der Waals surface area contributed by atoms with E-state index in [4.69, 9.17) is 4.74 Å². The van der Waals surface area contributed by atoms with Crippen molar-refractivity contribution in [3.05, 3.63) is 35.9 Å². The van der Waals surface area contributed by atoms with Gasteiger partial charge >= 0.3 is 0 Å². The molecule has 1 aromatic rings. The average Bonchev–Trinajstić information content (AvgIpc) is 2.80. The molecule has 15 heavy (non-hydrogen) atoms. The molecule has 2 heteroatoms. The van der Waals surface area contributed by atoms with Crippen LogP contribution in [-0.2, 0) is 4.74 Å². The standard InChI is InChI=1S/C13H16O2/c14-13(12-4-2-1-3-5-12)7-6-11-8-9-15-10-11/h1-5,11H,6-10H2. The minimum absolute atomic E-state index is 0.252. The van der Waals surface area contributed by atoms with E-state index in [2.05, 4.69) is 0 Å². The fraction of sp³-hybridized carbons (Fsp3) is 0.462. The van der Waals surface area contributed by atoms with Crippen LogP contribution in [0.15, 0.2) is 30.3 Å². The third-order valence-corrected chi connectivity index (χ3v) is 2.90. The summed E-state index contributed by atoms with van der Waals surface area (Å²) in [5.41, 5.74) is 0.830. The Kier molecular flexibility index (Phi) is 3.51. The lowest BCUT2D eigenvalue weighted by atomic mass is 9.98. The number of rotatable bonds is 4. The van der Waals surface area contributed by atoms with E-state index in [1.54, 1.807) is 0 Å². The molecule has 0 aliphatic carbocycles. The molecule has 0 N–H and O–H groups in total. The van der Waals surface area contributed by atoms with E-state index < -0.39 is 0 Å². The predicted octanol–water partition coefficient (Wildman–Crippen LogP) is 2.69. The summed E-state index contributed by atoms with van der Waals surface area (Å²) in [4.78, 5) is 11.8. The van der Waals surface area contributed by atoms with Gasteiger partial charge in [0.2, 0.25) is 0 Å². The number of carbonyl (C=O) groups is 1. The molecule has 1 atom stereocenters. The molecular formula is C13H16O2. The van der Waals surface area contributed by atoms with E-state index in [-0.39, 0.29) is 5.78 Å². The normalized spacial score (nSPS) is 20.4. The van der Waals surface area contributed by atoms with Crippen molar-refractivity contribution in [1.29, 1.82) is 0 Å². The minimum atomic E-state index is 0.252. The Hall–Kier alpha value is -1.15. The van der Waals surface area contributed by atoms with Gasteiger partial charge in [0, 0.05) is 25.2 Å². The summed E-state index contributed by atoms with van der Waals surface area (Å²) in [5, 5.41) is 0. The molecule has 0 radical (unpaired) electrons. The first-order valence-corrected chi connectivity index (χ1v) is 5.52. The molecule has 0 saturated carbocycles. The molecule has 1 aliphatic rings. The van der Waals surface area contributed by atoms with Gasteiger partial charge in [0.25, 0.3) is 0 Å². The second kappa shape index (κ2) is 5.08. The lowest BCUT2D eigenvalue weighted by molar-refractivity contribution is 0.0971. The van der Waals surface area contributed by atoms with Crippen molar-refractivity contribution in [2.45, 2.75) is 19.3 Å². The summed E-state index contributed by atoms with van der Waals surface area (Å²) in [5.74, 6) is 0.847. The lowest BCUT2D eigenvalue weighted by Gasteiger charge is -2.05. The molecule has 0 aromatic heterocycles. The van der Waals surface area contributed by atoms with Crippen LogP contribution in [-0.4, -0.2) is 19.0 Å². The molecule has 1 saturated heterocycles. The molecular weight excluding hydrogens is 188 g/mol. The quantitative estimate of drug-likeness (QED) is 0.705. The average molecular weight is 204 g/mol. The first-order valence-electron chi connectivity index (χ1n) is 5.52. The van der Waals surface area contributed by atoms with Gasteiger partial charge in [0.15, 0.2) is 5.78 Å². The van der Waals surface area contributed by atoms with Gasteiger partial charge in [0.05, 0.1) is 0 Å². The fourth-order valence-corrected chi connectivity index (χ4v) is 1.91. The number of Topliss-reactive ketones (excluding diaryl/α,β-unsaturated/α-hetero) is 1. The number of hydrogen-bond donors (Lipinski definition) is 0. The van der Waals surface area contributed by atoms with Gasteiger partial charge < -0.3 is 4.74 Å². The molecule has 1 aliphatic heterocycles. The Balaban J connectivity index is 1.82. The first kappa shape index (κ1) is 10.4. The first-order chi connectivity index (χ1) is 7.36. The van der Waals surface area contributed by atoms with E-state index in [1.165, 1.54) is 0 Å². The maximum absolute atomic E-state index is 11.8. The van der Waals surface area contributed by atoms with Crippen LogP contribution in [0.4, 0.5) is 0 Å². The van der Waals surface area contributed by atoms with Crippen molar-refractivity contribution in [1.82, 2.24) is 0 Å². The Bertz CT molecular complexity index is 313. The largest absolute Gasteiger partial charge is 0.381 e. The maximum atomic E-state index is 11.8. The number of ketones is 1. The van der Waals surface area contributed by atoms with E-state index in [0.29, 0.717) is 12.3 Å². The zero-order chi connectivity index (χ0) is 10.5. The zero-order valence-electron chi connectivity index (χ0n) is 8.82. The Morgan fingerprint density at radius 2 is 2.13 bits per heavy atom. The summed E-state index contributed by atoms with van der Waals surface area (Å²) >= 11 is 0. The van der Waals surface area contributed by atoms with Crippen LogP contribution >= 0.6 is 0 Å². The number of benzene rings is 1. The van der Waals surface area contributed by atoms with Crippen molar-refractivity contribution in [3.8, 4) is 0 Å². The number of hydrogen-bond acceptors (Lipinski definition) is 2. The third kappa shape index (κ3) is 2.90. The molecule has 80 valence electrons. The monoisotopic (exact) mass is 204 g/mol. The highest BCUT2D eigenvalue weighted by Crippen LogP contribution is 2.19. The van der Waals surface area contributed by atoms with E-state index in [1.807, 2.05) is 30.3 Å². The molecule has 1 fully saturated rings. The third-order valence-electron chi connectivity index (χ3n) is 2.90. The Morgan fingerprint density at radius 3 is 2.80 bits per heavy atom. The van der Waals surface area contributed by atoms with Crippen molar-refractivity contribution in [2.75, 3.05) is 13.2 Å². The van der Waals surface area contributed by atoms with Gasteiger partial charge in [-0.1, -0.05) is 30.3 Å². The molecule has 1 heterocycles. The molecule has 2 nitrogen and oxygen atoms in total. The highest BCUT2D eigenvalue weighted by molar-refractivity contribution is 5.95. The smallest absolute Gasteiger partial charge is 0.162 e. The Labute approximate surface area is 90.3 Å². The molecule has 2 rings (SSSR count). The highest BCUT2D eigenvalue weighted by Gasteiger charge is 2.17. The van der Waals surface area contributed by atoms with Gasteiger partial charge in [-0.05, 0) is 18.8 Å². The SMILES string of the molecule is O=C(CCC1CCOC1)c1ccccc1. The van der Waals surface area contributed by atoms with E-state index in [0.717, 1.165) is 31.6 Å².